The third-order valence-electron chi connectivity index (χ3n) is 7.93. The van der Waals surface area contributed by atoms with Crippen LogP contribution in [0.1, 0.15) is 0 Å². The minimum atomic E-state index is 1.12. The molecule has 0 spiro atoms. The van der Waals surface area contributed by atoms with Crippen molar-refractivity contribution in [3.05, 3.63) is 164 Å². The molecule has 0 radical (unpaired) electrons. The molecular formula is C38H27N3. The smallest absolute Gasteiger partial charge is 0.0635 e. The van der Waals surface area contributed by atoms with Crippen LogP contribution in [0.5, 0.6) is 0 Å². The molecule has 8 rings (SSSR count). The summed E-state index contributed by atoms with van der Waals surface area (Å²) in [7, 11) is 0. The van der Waals surface area contributed by atoms with E-state index in [0.29, 0.717) is 0 Å². The number of aromatic nitrogens is 2. The Hall–Kier alpha value is -5.54. The summed E-state index contributed by atoms with van der Waals surface area (Å²) in [6.45, 7) is 0. The van der Waals surface area contributed by atoms with Gasteiger partial charge in [0, 0.05) is 50.8 Å². The molecule has 0 unspecified atom stereocenters. The van der Waals surface area contributed by atoms with Gasteiger partial charge in [0.25, 0.3) is 0 Å². The van der Waals surface area contributed by atoms with Gasteiger partial charge in [-0.3, -0.25) is 0 Å². The van der Waals surface area contributed by atoms with Gasteiger partial charge in [-0.2, -0.15) is 0 Å². The highest BCUT2D eigenvalue weighted by molar-refractivity contribution is 6.18. The van der Waals surface area contributed by atoms with E-state index in [-0.39, 0.29) is 0 Å². The van der Waals surface area contributed by atoms with E-state index in [2.05, 4.69) is 178 Å². The standard InChI is InChI=1S/C38H27N3/c1-4-12-28(13-5-1)39-27-26-35-36(39)25-24-34-33-18-10-11-19-37(33)41(38(34)35)32-22-20-31(21-23-32)40(29-14-6-2-7-15-29)30-16-8-3-9-17-30/h1-27H. The Kier molecular flexibility index (Phi) is 5.46. The first-order chi connectivity index (χ1) is 20.4. The molecular weight excluding hydrogens is 498 g/mol. The van der Waals surface area contributed by atoms with Crippen molar-refractivity contribution in [1.29, 1.82) is 0 Å². The number of anilines is 3. The Labute approximate surface area is 238 Å². The lowest BCUT2D eigenvalue weighted by Crippen LogP contribution is -2.09. The highest BCUT2D eigenvalue weighted by atomic mass is 15.1. The SMILES string of the molecule is c1ccc(N(c2ccccc2)c2ccc(-n3c4ccccc4c4ccc5c(ccn5-c5ccccc5)c43)cc2)cc1. The molecule has 194 valence electrons. The maximum Gasteiger partial charge on any atom is 0.0635 e. The monoisotopic (exact) mass is 525 g/mol. The molecule has 0 aliphatic heterocycles. The highest BCUT2D eigenvalue weighted by Gasteiger charge is 2.18. The van der Waals surface area contributed by atoms with Crippen LogP contribution >= 0.6 is 0 Å². The van der Waals surface area contributed by atoms with Gasteiger partial charge in [-0.05, 0) is 78.9 Å². The molecule has 0 saturated carbocycles. The average molecular weight is 526 g/mol. The Bertz CT molecular complexity index is 2080. The average Bonchev–Trinajstić information content (AvgIpc) is 3.63. The van der Waals surface area contributed by atoms with Crippen molar-refractivity contribution < 1.29 is 0 Å². The van der Waals surface area contributed by atoms with Crippen LogP contribution in [-0.2, 0) is 0 Å². The van der Waals surface area contributed by atoms with Crippen LogP contribution in [-0.4, -0.2) is 9.13 Å². The van der Waals surface area contributed by atoms with E-state index < -0.39 is 0 Å². The summed E-state index contributed by atoms with van der Waals surface area (Å²) in [6, 6.07) is 56.1. The number of fused-ring (bicyclic) bond motifs is 5. The fraction of sp³-hybridized carbons (Fsp3) is 0. The van der Waals surface area contributed by atoms with E-state index in [1.165, 1.54) is 32.7 Å². The van der Waals surface area contributed by atoms with Gasteiger partial charge in [-0.25, -0.2) is 0 Å². The number of benzene rings is 6. The molecule has 0 bridgehead atoms. The van der Waals surface area contributed by atoms with Crippen molar-refractivity contribution in [3.8, 4) is 11.4 Å². The number of para-hydroxylation sites is 4. The van der Waals surface area contributed by atoms with E-state index in [1.54, 1.807) is 0 Å². The summed E-state index contributed by atoms with van der Waals surface area (Å²) in [5, 5.41) is 3.76. The molecule has 0 saturated heterocycles. The van der Waals surface area contributed by atoms with Crippen LogP contribution in [0.3, 0.4) is 0 Å². The van der Waals surface area contributed by atoms with Gasteiger partial charge in [-0.15, -0.1) is 0 Å². The van der Waals surface area contributed by atoms with E-state index in [1.807, 2.05) is 0 Å². The van der Waals surface area contributed by atoms with E-state index >= 15 is 0 Å². The third kappa shape index (κ3) is 3.82. The summed E-state index contributed by atoms with van der Waals surface area (Å²) in [6.07, 6.45) is 2.18. The second-order valence-electron chi connectivity index (χ2n) is 10.3. The topological polar surface area (TPSA) is 13.1 Å². The molecule has 3 heteroatoms. The molecule has 3 nitrogen and oxygen atoms in total. The van der Waals surface area contributed by atoms with Crippen molar-refractivity contribution in [2.75, 3.05) is 4.90 Å². The summed E-state index contributed by atoms with van der Waals surface area (Å²) < 4.78 is 4.69. The summed E-state index contributed by atoms with van der Waals surface area (Å²) in [5.74, 6) is 0. The molecule has 41 heavy (non-hydrogen) atoms. The van der Waals surface area contributed by atoms with Crippen molar-refractivity contribution in [2.45, 2.75) is 0 Å². The molecule has 2 heterocycles. The van der Waals surface area contributed by atoms with Crippen LogP contribution in [0.4, 0.5) is 17.1 Å². The molecule has 0 N–H and O–H groups in total. The molecule has 0 fully saturated rings. The van der Waals surface area contributed by atoms with Crippen molar-refractivity contribution in [3.63, 3.8) is 0 Å². The van der Waals surface area contributed by atoms with E-state index in [9.17, 15) is 0 Å². The summed E-state index contributed by atoms with van der Waals surface area (Å²) in [4.78, 5) is 2.30. The highest BCUT2D eigenvalue weighted by Crippen LogP contribution is 2.39. The number of hydrogen-bond acceptors (Lipinski definition) is 1. The van der Waals surface area contributed by atoms with Gasteiger partial charge in [0.2, 0.25) is 0 Å². The first-order valence-electron chi connectivity index (χ1n) is 14.0. The molecule has 0 aliphatic carbocycles. The first-order valence-corrected chi connectivity index (χ1v) is 14.0. The van der Waals surface area contributed by atoms with Crippen LogP contribution in [0, 0.1) is 0 Å². The van der Waals surface area contributed by atoms with E-state index in [0.717, 1.165) is 28.4 Å². The molecule has 0 aliphatic rings. The van der Waals surface area contributed by atoms with Gasteiger partial charge in [0.15, 0.2) is 0 Å². The van der Waals surface area contributed by atoms with E-state index in [4.69, 9.17) is 0 Å². The molecule has 2 aromatic heterocycles. The Balaban J connectivity index is 1.33. The molecule has 8 aromatic rings. The minimum absolute atomic E-state index is 1.12. The molecule has 0 atom stereocenters. The Morgan fingerprint density at radius 1 is 0.366 bits per heavy atom. The maximum atomic E-state index is 2.42. The lowest BCUT2D eigenvalue weighted by molar-refractivity contribution is 1.13. The third-order valence-corrected chi connectivity index (χ3v) is 7.93. The number of nitrogens with zero attached hydrogens (tertiary/aromatic N) is 3. The lowest BCUT2D eigenvalue weighted by Gasteiger charge is -2.25. The van der Waals surface area contributed by atoms with Gasteiger partial charge >= 0.3 is 0 Å². The van der Waals surface area contributed by atoms with Crippen LogP contribution in [0.25, 0.3) is 44.1 Å². The number of rotatable bonds is 5. The molecule has 6 aromatic carbocycles. The fourth-order valence-corrected chi connectivity index (χ4v) is 6.11. The largest absolute Gasteiger partial charge is 0.316 e. The number of hydrogen-bond donors (Lipinski definition) is 0. The maximum absolute atomic E-state index is 2.42. The molecule has 0 amide bonds. The van der Waals surface area contributed by atoms with Crippen LogP contribution < -0.4 is 4.90 Å². The first kappa shape index (κ1) is 23.4. The summed E-state index contributed by atoms with van der Waals surface area (Å²) >= 11 is 0. The van der Waals surface area contributed by atoms with Gasteiger partial charge < -0.3 is 14.0 Å². The Morgan fingerprint density at radius 2 is 0.951 bits per heavy atom. The van der Waals surface area contributed by atoms with Crippen molar-refractivity contribution >= 4 is 49.8 Å². The second kappa shape index (κ2) is 9.58. The zero-order valence-electron chi connectivity index (χ0n) is 22.4. The quantitative estimate of drug-likeness (QED) is 0.218. The predicted octanol–water partition coefficient (Wildman–Crippen LogP) is 10.2. The van der Waals surface area contributed by atoms with Crippen LogP contribution in [0.15, 0.2) is 164 Å². The normalized spacial score (nSPS) is 11.4. The van der Waals surface area contributed by atoms with Crippen molar-refractivity contribution in [1.82, 2.24) is 9.13 Å². The van der Waals surface area contributed by atoms with Crippen LogP contribution in [0.2, 0.25) is 0 Å². The Morgan fingerprint density at radius 3 is 1.63 bits per heavy atom. The van der Waals surface area contributed by atoms with Gasteiger partial charge in [0.1, 0.15) is 0 Å². The zero-order chi connectivity index (χ0) is 27.2. The fourth-order valence-electron chi connectivity index (χ4n) is 6.11. The lowest BCUT2D eigenvalue weighted by atomic mass is 10.1. The summed E-state index contributed by atoms with van der Waals surface area (Å²) in [5.41, 5.74) is 9.32. The predicted molar refractivity (Wildman–Crippen MR) is 172 cm³/mol. The van der Waals surface area contributed by atoms with Crippen molar-refractivity contribution in [2.24, 2.45) is 0 Å². The van der Waals surface area contributed by atoms with Gasteiger partial charge in [-0.1, -0.05) is 78.9 Å². The zero-order valence-corrected chi connectivity index (χ0v) is 22.4. The minimum Gasteiger partial charge on any atom is -0.316 e. The second-order valence-corrected chi connectivity index (χ2v) is 10.3. The van der Waals surface area contributed by atoms with Gasteiger partial charge in [0.05, 0.1) is 16.6 Å².